The number of Topliss-reactive ketones (excluding diaryl/α,β-unsaturated/α-hetero) is 1. The van der Waals surface area contributed by atoms with Gasteiger partial charge in [-0.15, -0.1) is 0 Å². The topological polar surface area (TPSA) is 74.6 Å². The highest BCUT2D eigenvalue weighted by Gasteiger charge is 2.58. The number of carboxylic acids is 1. The third-order valence-corrected chi connectivity index (χ3v) is 6.91. The smallest absolute Gasteiger partial charge is 0.309 e. The fraction of sp³-hybridized carbons (Fsp3) is 0.700. The molecule has 132 valence electrons. The summed E-state index contributed by atoms with van der Waals surface area (Å²) < 4.78 is 0. The van der Waals surface area contributed by atoms with Gasteiger partial charge in [-0.2, -0.15) is 0 Å². The molecule has 0 aliphatic heterocycles. The van der Waals surface area contributed by atoms with Gasteiger partial charge < -0.3 is 10.2 Å². The van der Waals surface area contributed by atoms with Crippen LogP contribution in [0.25, 0.3) is 0 Å². The molecule has 0 aromatic rings. The number of carbonyl (C=O) groups is 2. The number of allylic oxidation sites excluding steroid dienone is 3. The number of aliphatic carboxylic acids is 1. The second-order valence-electron chi connectivity index (χ2n) is 8.87. The van der Waals surface area contributed by atoms with Gasteiger partial charge >= 0.3 is 5.97 Å². The highest BCUT2D eigenvalue weighted by molar-refractivity contribution is 5.99. The van der Waals surface area contributed by atoms with Gasteiger partial charge in [0.05, 0.1) is 11.0 Å². The lowest BCUT2D eigenvalue weighted by Gasteiger charge is -2.56. The number of rotatable bonds is 2. The summed E-state index contributed by atoms with van der Waals surface area (Å²) in [5.41, 5.74) is -0.447. The van der Waals surface area contributed by atoms with Crippen LogP contribution in [0.5, 0.6) is 0 Å². The second-order valence-corrected chi connectivity index (χ2v) is 8.87. The van der Waals surface area contributed by atoms with Crippen LogP contribution in [0.4, 0.5) is 0 Å². The van der Waals surface area contributed by atoms with E-state index in [9.17, 15) is 19.8 Å². The van der Waals surface area contributed by atoms with Crippen molar-refractivity contribution in [3.8, 4) is 0 Å². The van der Waals surface area contributed by atoms with Crippen molar-refractivity contribution >= 4 is 11.8 Å². The summed E-state index contributed by atoms with van der Waals surface area (Å²) >= 11 is 0. The van der Waals surface area contributed by atoms with E-state index >= 15 is 0 Å². The first-order valence-corrected chi connectivity index (χ1v) is 8.91. The molecule has 3 rings (SSSR count). The number of carbonyl (C=O) groups excluding carboxylic acids is 1. The molecule has 0 aromatic carbocycles. The molecule has 0 unspecified atom stereocenters. The van der Waals surface area contributed by atoms with Crippen LogP contribution in [0.2, 0.25) is 0 Å². The highest BCUT2D eigenvalue weighted by atomic mass is 16.4. The molecule has 4 heteroatoms. The Labute approximate surface area is 143 Å². The second kappa shape index (κ2) is 5.29. The molecule has 2 N–H and O–H groups in total. The van der Waals surface area contributed by atoms with E-state index in [2.05, 4.69) is 13.0 Å². The molecule has 1 saturated carbocycles. The molecule has 24 heavy (non-hydrogen) atoms. The van der Waals surface area contributed by atoms with Crippen LogP contribution in [-0.4, -0.2) is 27.6 Å². The summed E-state index contributed by atoms with van der Waals surface area (Å²) in [5, 5.41) is 20.1. The van der Waals surface area contributed by atoms with Gasteiger partial charge in [-0.3, -0.25) is 9.59 Å². The van der Waals surface area contributed by atoms with Crippen molar-refractivity contribution in [3.05, 3.63) is 23.3 Å². The molecule has 3 aliphatic carbocycles. The SMILES string of the molecule is CC(C)(O)C1=CC2=CC[C@H]3[C@](C)(CCC[C@@]3(C)C(=O)O)[C@@H]2CC1=O. The van der Waals surface area contributed by atoms with Crippen molar-refractivity contribution in [1.29, 1.82) is 0 Å². The maximum atomic E-state index is 12.6. The fourth-order valence-corrected chi connectivity index (χ4v) is 5.46. The molecule has 1 fully saturated rings. The number of fused-ring (bicyclic) bond motifs is 3. The first kappa shape index (κ1) is 17.4. The van der Waals surface area contributed by atoms with Crippen LogP contribution in [0, 0.1) is 22.7 Å². The van der Waals surface area contributed by atoms with Crippen LogP contribution in [0.15, 0.2) is 23.3 Å². The standard InChI is InChI=1S/C20H28O4/c1-18(2,24)14-10-12-6-7-16-19(3,13(12)11-15(14)21)8-5-9-20(16,4)17(22)23/h6,10,13,16,24H,5,7-9,11H2,1-4H3,(H,22,23)/t13-,16+,19-,20-/m1/s1. The average Bonchev–Trinajstić information content (AvgIpc) is 2.46. The lowest BCUT2D eigenvalue weighted by atomic mass is 9.46. The van der Waals surface area contributed by atoms with E-state index in [1.54, 1.807) is 13.8 Å². The third kappa shape index (κ3) is 2.38. The summed E-state index contributed by atoms with van der Waals surface area (Å²) in [7, 11) is 0. The lowest BCUT2D eigenvalue weighted by Crippen LogP contribution is -2.53. The molecule has 3 aliphatic rings. The van der Waals surface area contributed by atoms with Crippen molar-refractivity contribution < 1.29 is 19.8 Å². The summed E-state index contributed by atoms with van der Waals surface area (Å²) in [4.78, 5) is 24.6. The number of aliphatic hydroxyl groups is 1. The first-order valence-electron chi connectivity index (χ1n) is 8.91. The van der Waals surface area contributed by atoms with Crippen LogP contribution >= 0.6 is 0 Å². The Morgan fingerprint density at radius 2 is 1.96 bits per heavy atom. The van der Waals surface area contributed by atoms with Crippen LogP contribution in [-0.2, 0) is 9.59 Å². The lowest BCUT2D eigenvalue weighted by molar-refractivity contribution is -0.162. The Morgan fingerprint density at radius 1 is 1.29 bits per heavy atom. The monoisotopic (exact) mass is 332 g/mol. The van der Waals surface area contributed by atoms with Gasteiger partial charge in [-0.05, 0) is 68.9 Å². The quantitative estimate of drug-likeness (QED) is 0.811. The van der Waals surface area contributed by atoms with Gasteiger partial charge in [-0.1, -0.05) is 19.4 Å². The van der Waals surface area contributed by atoms with Gasteiger partial charge in [-0.25, -0.2) is 0 Å². The number of ketones is 1. The van der Waals surface area contributed by atoms with Crippen molar-refractivity contribution in [2.75, 3.05) is 0 Å². The van der Waals surface area contributed by atoms with Crippen molar-refractivity contribution in [2.24, 2.45) is 22.7 Å². The Morgan fingerprint density at radius 3 is 2.54 bits per heavy atom. The number of hydrogen-bond acceptors (Lipinski definition) is 3. The zero-order valence-electron chi connectivity index (χ0n) is 15.1. The first-order chi connectivity index (χ1) is 11.0. The molecule has 0 aromatic heterocycles. The van der Waals surface area contributed by atoms with E-state index in [1.165, 1.54) is 0 Å². The van der Waals surface area contributed by atoms with E-state index in [0.29, 0.717) is 18.4 Å². The van der Waals surface area contributed by atoms with Crippen LogP contribution in [0.3, 0.4) is 0 Å². The molecule has 0 heterocycles. The minimum absolute atomic E-state index is 0.00544. The minimum Gasteiger partial charge on any atom is -0.481 e. The van der Waals surface area contributed by atoms with E-state index in [4.69, 9.17) is 0 Å². The molecule has 0 spiro atoms. The molecule has 0 amide bonds. The Hall–Kier alpha value is -1.42. The van der Waals surface area contributed by atoms with E-state index in [0.717, 1.165) is 24.8 Å². The molecule has 4 nitrogen and oxygen atoms in total. The van der Waals surface area contributed by atoms with Gasteiger partial charge in [0.15, 0.2) is 5.78 Å². The molecule has 0 saturated heterocycles. The van der Waals surface area contributed by atoms with E-state index in [1.807, 2.05) is 13.0 Å². The zero-order valence-corrected chi connectivity index (χ0v) is 15.1. The van der Waals surface area contributed by atoms with Crippen LogP contribution < -0.4 is 0 Å². The van der Waals surface area contributed by atoms with Gasteiger partial charge in [0.25, 0.3) is 0 Å². The van der Waals surface area contributed by atoms with Crippen LogP contribution in [0.1, 0.15) is 59.8 Å². The average molecular weight is 332 g/mol. The summed E-state index contributed by atoms with van der Waals surface area (Å²) in [6.45, 7) is 7.34. The van der Waals surface area contributed by atoms with Gasteiger partial charge in [0, 0.05) is 12.0 Å². The maximum Gasteiger partial charge on any atom is 0.309 e. The van der Waals surface area contributed by atoms with E-state index in [-0.39, 0.29) is 23.0 Å². The normalized spacial score (nSPS) is 39.5. The van der Waals surface area contributed by atoms with Gasteiger partial charge in [0.2, 0.25) is 0 Å². The Bertz CT molecular complexity index is 651. The van der Waals surface area contributed by atoms with Crippen molar-refractivity contribution in [2.45, 2.75) is 65.4 Å². The third-order valence-electron chi connectivity index (χ3n) is 6.91. The molecular weight excluding hydrogens is 304 g/mol. The summed E-state index contributed by atoms with van der Waals surface area (Å²) in [6.07, 6.45) is 7.64. The minimum atomic E-state index is -1.14. The fourth-order valence-electron chi connectivity index (χ4n) is 5.46. The maximum absolute atomic E-state index is 12.6. The summed E-state index contributed by atoms with van der Waals surface area (Å²) in [5.74, 6) is -0.608. The number of carboxylic acid groups (broad SMARTS) is 1. The van der Waals surface area contributed by atoms with Crippen molar-refractivity contribution in [1.82, 2.24) is 0 Å². The summed E-state index contributed by atoms with van der Waals surface area (Å²) in [6, 6.07) is 0. The molecular formula is C20H28O4. The highest BCUT2D eigenvalue weighted by Crippen LogP contribution is 2.61. The van der Waals surface area contributed by atoms with E-state index < -0.39 is 17.0 Å². The molecule has 0 radical (unpaired) electrons. The Balaban J connectivity index is 2.06. The largest absolute Gasteiger partial charge is 0.481 e. The molecule has 4 atom stereocenters. The predicted octanol–water partition coefficient (Wildman–Crippen LogP) is 3.50. The predicted molar refractivity (Wildman–Crippen MR) is 91.4 cm³/mol. The van der Waals surface area contributed by atoms with Crippen molar-refractivity contribution in [3.63, 3.8) is 0 Å². The molecule has 0 bridgehead atoms. The van der Waals surface area contributed by atoms with Gasteiger partial charge in [0.1, 0.15) is 0 Å². The number of hydrogen-bond donors (Lipinski definition) is 2. The Kier molecular flexibility index (Phi) is 3.83. The zero-order chi connectivity index (χ0) is 17.9.